The third kappa shape index (κ3) is 8.66. The molecule has 0 spiro atoms. The van der Waals surface area contributed by atoms with E-state index in [1.807, 2.05) is 32.5 Å². The summed E-state index contributed by atoms with van der Waals surface area (Å²) in [6.45, 7) is 12.7. The van der Waals surface area contributed by atoms with E-state index >= 15 is 0 Å². The lowest BCUT2D eigenvalue weighted by molar-refractivity contribution is 0.0523. The van der Waals surface area contributed by atoms with Crippen molar-refractivity contribution >= 4 is 17.9 Å². The predicted octanol–water partition coefficient (Wildman–Crippen LogP) is 1.54. The van der Waals surface area contributed by atoms with Gasteiger partial charge in [0.25, 0.3) is 0 Å². The zero-order valence-corrected chi connectivity index (χ0v) is 14.0. The number of carbonyl (C=O) groups excluding carboxylic acids is 1. The number of thioether (sulfide) groups is 1. The Hall–Kier alpha value is -0.460. The van der Waals surface area contributed by atoms with E-state index in [0.29, 0.717) is 6.54 Å². The first kappa shape index (κ1) is 17.6. The average molecular weight is 303 g/mol. The summed E-state index contributed by atoms with van der Waals surface area (Å²) in [5, 5.41) is 6.22. The minimum atomic E-state index is -0.437. The van der Waals surface area contributed by atoms with Crippen molar-refractivity contribution in [2.24, 2.45) is 0 Å². The molecule has 1 atom stereocenters. The summed E-state index contributed by atoms with van der Waals surface area (Å²) in [7, 11) is 0. The van der Waals surface area contributed by atoms with E-state index in [1.165, 1.54) is 24.6 Å². The van der Waals surface area contributed by atoms with Gasteiger partial charge in [-0.1, -0.05) is 0 Å². The molecule has 0 aromatic rings. The molecule has 2 N–H and O–H groups in total. The van der Waals surface area contributed by atoms with Crippen molar-refractivity contribution in [3.63, 3.8) is 0 Å². The third-order valence-corrected chi connectivity index (χ3v) is 3.92. The number of amides is 1. The topological polar surface area (TPSA) is 53.6 Å². The van der Waals surface area contributed by atoms with Crippen LogP contribution in [0.2, 0.25) is 0 Å². The lowest BCUT2D eigenvalue weighted by Gasteiger charge is -2.27. The van der Waals surface area contributed by atoms with Gasteiger partial charge in [0.15, 0.2) is 0 Å². The van der Waals surface area contributed by atoms with Crippen LogP contribution < -0.4 is 10.6 Å². The van der Waals surface area contributed by atoms with Gasteiger partial charge in [0.2, 0.25) is 0 Å². The van der Waals surface area contributed by atoms with Crippen LogP contribution in [0, 0.1) is 0 Å². The standard InChI is InChI=1S/C14H29N3O2S/c1-12(11-16-13(18)19-14(2,3)4)15-5-6-17-7-9-20-10-8-17/h12,15H,5-11H2,1-4H3,(H,16,18). The van der Waals surface area contributed by atoms with E-state index < -0.39 is 5.60 Å². The van der Waals surface area contributed by atoms with Crippen molar-refractivity contribution in [1.29, 1.82) is 0 Å². The minimum absolute atomic E-state index is 0.252. The Kier molecular flexibility index (Phi) is 7.69. The second kappa shape index (κ2) is 8.74. The highest BCUT2D eigenvalue weighted by Crippen LogP contribution is 2.08. The molecule has 0 aliphatic carbocycles. The van der Waals surface area contributed by atoms with Crippen LogP contribution in [0.1, 0.15) is 27.7 Å². The summed E-state index contributed by atoms with van der Waals surface area (Å²) in [6, 6.07) is 0.252. The van der Waals surface area contributed by atoms with Crippen molar-refractivity contribution in [1.82, 2.24) is 15.5 Å². The predicted molar refractivity (Wildman–Crippen MR) is 85.5 cm³/mol. The zero-order valence-electron chi connectivity index (χ0n) is 13.2. The number of hydrogen-bond acceptors (Lipinski definition) is 5. The first-order valence-electron chi connectivity index (χ1n) is 7.37. The number of hydrogen-bond donors (Lipinski definition) is 2. The van der Waals surface area contributed by atoms with Crippen LogP contribution in [0.5, 0.6) is 0 Å². The fourth-order valence-electron chi connectivity index (χ4n) is 1.92. The molecule has 1 saturated heterocycles. The Morgan fingerprint density at radius 1 is 1.35 bits per heavy atom. The SMILES string of the molecule is CC(CNC(=O)OC(C)(C)C)NCCN1CCSCC1. The molecule has 1 amide bonds. The Bertz CT molecular complexity index is 289. The van der Waals surface area contributed by atoms with Crippen molar-refractivity contribution < 1.29 is 9.53 Å². The lowest BCUT2D eigenvalue weighted by Crippen LogP contribution is -2.44. The molecule has 0 saturated carbocycles. The van der Waals surface area contributed by atoms with Gasteiger partial charge >= 0.3 is 6.09 Å². The van der Waals surface area contributed by atoms with Crippen molar-refractivity contribution in [2.45, 2.75) is 39.3 Å². The molecular weight excluding hydrogens is 274 g/mol. The van der Waals surface area contributed by atoms with Crippen LogP contribution in [0.4, 0.5) is 4.79 Å². The Labute approximate surface area is 127 Å². The maximum absolute atomic E-state index is 11.5. The molecule has 1 rings (SSSR count). The van der Waals surface area contributed by atoms with Crippen LogP contribution >= 0.6 is 11.8 Å². The summed E-state index contributed by atoms with van der Waals surface area (Å²) in [6.07, 6.45) is -0.348. The Morgan fingerprint density at radius 2 is 2.00 bits per heavy atom. The smallest absolute Gasteiger partial charge is 0.407 e. The summed E-state index contributed by atoms with van der Waals surface area (Å²) in [5.74, 6) is 2.49. The summed E-state index contributed by atoms with van der Waals surface area (Å²) in [5.41, 5.74) is -0.437. The number of nitrogens with zero attached hydrogens (tertiary/aromatic N) is 1. The highest BCUT2D eigenvalue weighted by Gasteiger charge is 2.16. The fraction of sp³-hybridized carbons (Fsp3) is 0.929. The maximum Gasteiger partial charge on any atom is 0.407 e. The normalized spacial score (nSPS) is 18.6. The molecule has 1 aliphatic heterocycles. The molecule has 118 valence electrons. The van der Waals surface area contributed by atoms with E-state index in [-0.39, 0.29) is 12.1 Å². The number of carbonyl (C=O) groups is 1. The monoisotopic (exact) mass is 303 g/mol. The third-order valence-electron chi connectivity index (χ3n) is 2.98. The largest absolute Gasteiger partial charge is 0.444 e. The van der Waals surface area contributed by atoms with Crippen molar-refractivity contribution in [2.75, 3.05) is 44.2 Å². The molecule has 0 bridgehead atoms. The molecule has 1 heterocycles. The molecule has 0 aromatic heterocycles. The van der Waals surface area contributed by atoms with Gasteiger partial charge in [-0.15, -0.1) is 0 Å². The van der Waals surface area contributed by atoms with Gasteiger partial charge in [-0.05, 0) is 27.7 Å². The highest BCUT2D eigenvalue weighted by molar-refractivity contribution is 7.99. The number of rotatable bonds is 6. The van der Waals surface area contributed by atoms with Crippen molar-refractivity contribution in [3.8, 4) is 0 Å². The van der Waals surface area contributed by atoms with Gasteiger partial charge in [0.1, 0.15) is 5.60 Å². The Morgan fingerprint density at radius 3 is 2.60 bits per heavy atom. The van der Waals surface area contributed by atoms with E-state index in [2.05, 4.69) is 22.5 Å². The number of nitrogens with one attached hydrogen (secondary N) is 2. The van der Waals surface area contributed by atoms with Crippen LogP contribution in [-0.4, -0.2) is 66.9 Å². The van der Waals surface area contributed by atoms with Gasteiger partial charge in [-0.3, -0.25) is 0 Å². The average Bonchev–Trinajstić information content (AvgIpc) is 2.36. The second-order valence-corrected chi connectivity index (χ2v) is 7.42. The van der Waals surface area contributed by atoms with Crippen LogP contribution in [0.3, 0.4) is 0 Å². The molecular formula is C14H29N3O2S. The zero-order chi connectivity index (χ0) is 15.0. The highest BCUT2D eigenvalue weighted by atomic mass is 32.2. The number of ether oxygens (including phenoxy) is 1. The summed E-state index contributed by atoms with van der Waals surface area (Å²) >= 11 is 2.03. The molecule has 20 heavy (non-hydrogen) atoms. The molecule has 0 aromatic carbocycles. The fourth-order valence-corrected chi connectivity index (χ4v) is 2.90. The van der Waals surface area contributed by atoms with Crippen LogP contribution in [0.15, 0.2) is 0 Å². The molecule has 1 unspecified atom stereocenters. The minimum Gasteiger partial charge on any atom is -0.444 e. The molecule has 1 aliphatic rings. The van der Waals surface area contributed by atoms with Crippen LogP contribution in [0.25, 0.3) is 0 Å². The summed E-state index contributed by atoms with van der Waals surface area (Å²) in [4.78, 5) is 14.0. The van der Waals surface area contributed by atoms with E-state index in [0.717, 1.165) is 13.1 Å². The van der Waals surface area contributed by atoms with E-state index in [4.69, 9.17) is 4.74 Å². The second-order valence-electron chi connectivity index (χ2n) is 6.19. The Balaban J connectivity index is 2.05. The first-order chi connectivity index (χ1) is 9.37. The van der Waals surface area contributed by atoms with Crippen molar-refractivity contribution in [3.05, 3.63) is 0 Å². The molecule has 6 heteroatoms. The van der Waals surface area contributed by atoms with Gasteiger partial charge in [-0.25, -0.2) is 4.79 Å². The molecule has 5 nitrogen and oxygen atoms in total. The van der Waals surface area contributed by atoms with E-state index in [9.17, 15) is 4.79 Å². The number of alkyl carbamates (subject to hydrolysis) is 1. The molecule has 0 radical (unpaired) electrons. The van der Waals surface area contributed by atoms with E-state index in [1.54, 1.807) is 0 Å². The van der Waals surface area contributed by atoms with Gasteiger partial charge < -0.3 is 20.3 Å². The van der Waals surface area contributed by atoms with Gasteiger partial charge in [0, 0.05) is 50.3 Å². The quantitative estimate of drug-likeness (QED) is 0.779. The molecule has 1 fully saturated rings. The summed E-state index contributed by atoms with van der Waals surface area (Å²) < 4.78 is 5.20. The lowest BCUT2D eigenvalue weighted by atomic mass is 10.2. The first-order valence-corrected chi connectivity index (χ1v) is 8.52. The van der Waals surface area contributed by atoms with Crippen LogP contribution in [-0.2, 0) is 4.74 Å². The van der Waals surface area contributed by atoms with Gasteiger partial charge in [-0.2, -0.15) is 11.8 Å². The maximum atomic E-state index is 11.5. The van der Waals surface area contributed by atoms with Gasteiger partial charge in [0.05, 0.1) is 0 Å².